The van der Waals surface area contributed by atoms with Gasteiger partial charge in [-0.15, -0.1) is 0 Å². The van der Waals surface area contributed by atoms with E-state index in [-0.39, 0.29) is 0 Å². The zero-order chi connectivity index (χ0) is 10.4. The third kappa shape index (κ3) is 3.66. The summed E-state index contributed by atoms with van der Waals surface area (Å²) in [6.07, 6.45) is 1.11. The third-order valence-electron chi connectivity index (χ3n) is 2.06. The fourth-order valence-corrected chi connectivity index (χ4v) is 1.50. The summed E-state index contributed by atoms with van der Waals surface area (Å²) in [5.74, 6) is 0. The molecule has 2 nitrogen and oxygen atoms in total. The maximum Gasteiger partial charge on any atom is 0.0791 e. The summed E-state index contributed by atoms with van der Waals surface area (Å²) in [5.41, 5.74) is 0.869. The lowest BCUT2D eigenvalue weighted by atomic mass is 10.1. The molecule has 0 bridgehead atoms. The molecule has 0 radical (unpaired) electrons. The van der Waals surface area contributed by atoms with E-state index in [9.17, 15) is 5.11 Å². The molecule has 78 valence electrons. The van der Waals surface area contributed by atoms with Crippen LogP contribution in [0.2, 0.25) is 5.02 Å². The van der Waals surface area contributed by atoms with Crippen LogP contribution in [-0.4, -0.2) is 18.8 Å². The third-order valence-corrected chi connectivity index (χ3v) is 2.29. The number of hydrogen-bond donors (Lipinski definition) is 1. The molecule has 0 spiro atoms. The van der Waals surface area contributed by atoms with Gasteiger partial charge in [0.2, 0.25) is 0 Å². The lowest BCUT2D eigenvalue weighted by Gasteiger charge is -2.10. The van der Waals surface area contributed by atoms with Gasteiger partial charge in [0.1, 0.15) is 0 Å². The molecule has 0 heterocycles. The van der Waals surface area contributed by atoms with Crippen molar-refractivity contribution in [2.24, 2.45) is 0 Å². The number of halogens is 1. The molecule has 0 saturated carbocycles. The van der Waals surface area contributed by atoms with E-state index in [0.717, 1.165) is 12.0 Å². The molecule has 1 unspecified atom stereocenters. The van der Waals surface area contributed by atoms with Crippen LogP contribution in [0.3, 0.4) is 0 Å². The molecule has 0 amide bonds. The SMILES string of the molecule is COCCCC(O)c1cccc(Cl)c1. The average molecular weight is 215 g/mol. The molecule has 1 N–H and O–H groups in total. The summed E-state index contributed by atoms with van der Waals surface area (Å²) >= 11 is 5.81. The Bertz CT molecular complexity index is 276. The number of hydrogen-bond acceptors (Lipinski definition) is 2. The summed E-state index contributed by atoms with van der Waals surface area (Å²) in [5, 5.41) is 10.4. The van der Waals surface area contributed by atoms with E-state index >= 15 is 0 Å². The number of benzene rings is 1. The number of aliphatic hydroxyl groups excluding tert-OH is 1. The smallest absolute Gasteiger partial charge is 0.0791 e. The van der Waals surface area contributed by atoms with Crippen LogP contribution in [-0.2, 0) is 4.74 Å². The first-order valence-corrected chi connectivity index (χ1v) is 5.04. The van der Waals surface area contributed by atoms with Gasteiger partial charge in [-0.3, -0.25) is 0 Å². The number of ether oxygens (including phenoxy) is 1. The van der Waals surface area contributed by atoms with Gasteiger partial charge in [0.15, 0.2) is 0 Å². The molecule has 1 aromatic carbocycles. The minimum Gasteiger partial charge on any atom is -0.388 e. The van der Waals surface area contributed by atoms with Crippen molar-refractivity contribution in [1.29, 1.82) is 0 Å². The van der Waals surface area contributed by atoms with Crippen molar-refractivity contribution in [2.45, 2.75) is 18.9 Å². The highest BCUT2D eigenvalue weighted by Crippen LogP contribution is 2.21. The van der Waals surface area contributed by atoms with Gasteiger partial charge in [-0.05, 0) is 30.5 Å². The van der Waals surface area contributed by atoms with Crippen LogP contribution in [0.1, 0.15) is 24.5 Å². The second kappa shape index (κ2) is 6.02. The molecular formula is C11H15ClO2. The zero-order valence-electron chi connectivity index (χ0n) is 8.24. The lowest BCUT2D eigenvalue weighted by Crippen LogP contribution is -1.99. The van der Waals surface area contributed by atoms with E-state index in [4.69, 9.17) is 16.3 Å². The maximum atomic E-state index is 9.76. The molecule has 0 aliphatic carbocycles. The van der Waals surface area contributed by atoms with E-state index in [1.54, 1.807) is 19.2 Å². The van der Waals surface area contributed by atoms with E-state index in [0.29, 0.717) is 18.1 Å². The highest BCUT2D eigenvalue weighted by atomic mass is 35.5. The van der Waals surface area contributed by atoms with Crippen molar-refractivity contribution in [3.63, 3.8) is 0 Å². The zero-order valence-corrected chi connectivity index (χ0v) is 9.00. The molecule has 0 aliphatic rings. The van der Waals surface area contributed by atoms with Gasteiger partial charge < -0.3 is 9.84 Å². The standard InChI is InChI=1S/C11H15ClO2/c1-14-7-3-6-11(13)9-4-2-5-10(12)8-9/h2,4-5,8,11,13H,3,6-7H2,1H3. The first-order valence-electron chi connectivity index (χ1n) is 4.66. The van der Waals surface area contributed by atoms with Crippen molar-refractivity contribution in [2.75, 3.05) is 13.7 Å². The van der Waals surface area contributed by atoms with Gasteiger partial charge in [0.25, 0.3) is 0 Å². The van der Waals surface area contributed by atoms with Crippen LogP contribution >= 0.6 is 11.6 Å². The van der Waals surface area contributed by atoms with Gasteiger partial charge in [-0.25, -0.2) is 0 Å². The lowest BCUT2D eigenvalue weighted by molar-refractivity contribution is 0.136. The van der Waals surface area contributed by atoms with Crippen LogP contribution in [0.4, 0.5) is 0 Å². The van der Waals surface area contributed by atoms with E-state index in [2.05, 4.69) is 0 Å². The minimum atomic E-state index is -0.441. The highest BCUT2D eigenvalue weighted by Gasteiger charge is 2.06. The summed E-state index contributed by atoms with van der Waals surface area (Å²) in [6, 6.07) is 7.31. The molecule has 1 aromatic rings. The predicted octanol–water partition coefficient (Wildman–Crippen LogP) is 2.80. The predicted molar refractivity (Wildman–Crippen MR) is 57.5 cm³/mol. The summed E-state index contributed by atoms with van der Waals surface area (Å²) in [4.78, 5) is 0. The Balaban J connectivity index is 2.47. The number of aliphatic hydroxyl groups is 1. The fourth-order valence-electron chi connectivity index (χ4n) is 1.30. The Hall–Kier alpha value is -0.570. The number of methoxy groups -OCH3 is 1. The highest BCUT2D eigenvalue weighted by molar-refractivity contribution is 6.30. The molecule has 0 fully saturated rings. The second-order valence-corrected chi connectivity index (χ2v) is 3.64. The van der Waals surface area contributed by atoms with Crippen LogP contribution in [0.15, 0.2) is 24.3 Å². The van der Waals surface area contributed by atoms with Gasteiger partial charge in [0, 0.05) is 18.7 Å². The maximum absolute atomic E-state index is 9.76. The molecule has 0 saturated heterocycles. The van der Waals surface area contributed by atoms with E-state index in [1.165, 1.54) is 0 Å². The summed E-state index contributed by atoms with van der Waals surface area (Å²) < 4.78 is 4.91. The van der Waals surface area contributed by atoms with Crippen LogP contribution in [0.25, 0.3) is 0 Å². The molecule has 3 heteroatoms. The Labute approximate surface area is 89.5 Å². The van der Waals surface area contributed by atoms with Crippen LogP contribution in [0.5, 0.6) is 0 Å². The van der Waals surface area contributed by atoms with Crippen LogP contribution < -0.4 is 0 Å². The van der Waals surface area contributed by atoms with Crippen molar-refractivity contribution in [3.05, 3.63) is 34.9 Å². The second-order valence-electron chi connectivity index (χ2n) is 3.21. The average Bonchev–Trinajstić information content (AvgIpc) is 2.18. The molecule has 0 aliphatic heterocycles. The van der Waals surface area contributed by atoms with Gasteiger partial charge in [-0.1, -0.05) is 23.7 Å². The minimum absolute atomic E-state index is 0.441. The Morgan fingerprint density at radius 2 is 2.29 bits per heavy atom. The van der Waals surface area contributed by atoms with Crippen molar-refractivity contribution < 1.29 is 9.84 Å². The van der Waals surface area contributed by atoms with Gasteiger partial charge in [-0.2, -0.15) is 0 Å². The Morgan fingerprint density at radius 3 is 2.93 bits per heavy atom. The fraction of sp³-hybridized carbons (Fsp3) is 0.455. The summed E-state index contributed by atoms with van der Waals surface area (Å²) in [7, 11) is 1.66. The van der Waals surface area contributed by atoms with Crippen molar-refractivity contribution in [3.8, 4) is 0 Å². The van der Waals surface area contributed by atoms with Crippen molar-refractivity contribution >= 4 is 11.6 Å². The van der Waals surface area contributed by atoms with E-state index in [1.807, 2.05) is 12.1 Å². The van der Waals surface area contributed by atoms with Gasteiger partial charge in [0.05, 0.1) is 6.10 Å². The monoisotopic (exact) mass is 214 g/mol. The first-order chi connectivity index (χ1) is 6.74. The van der Waals surface area contributed by atoms with Crippen molar-refractivity contribution in [1.82, 2.24) is 0 Å². The largest absolute Gasteiger partial charge is 0.388 e. The van der Waals surface area contributed by atoms with E-state index < -0.39 is 6.10 Å². The normalized spacial score (nSPS) is 12.8. The molecule has 14 heavy (non-hydrogen) atoms. The van der Waals surface area contributed by atoms with Crippen LogP contribution in [0, 0.1) is 0 Å². The molecule has 0 aromatic heterocycles. The molecule has 1 rings (SSSR count). The first kappa shape index (κ1) is 11.5. The number of rotatable bonds is 5. The molecular weight excluding hydrogens is 200 g/mol. The topological polar surface area (TPSA) is 29.5 Å². The Kier molecular flexibility index (Phi) is 4.94. The molecule has 1 atom stereocenters. The quantitative estimate of drug-likeness (QED) is 0.764. The summed E-state index contributed by atoms with van der Waals surface area (Å²) in [6.45, 7) is 0.678. The van der Waals surface area contributed by atoms with Gasteiger partial charge >= 0.3 is 0 Å². The Morgan fingerprint density at radius 1 is 1.50 bits per heavy atom.